The van der Waals surface area contributed by atoms with E-state index in [1.807, 2.05) is 0 Å². The molecule has 1 aliphatic heterocycles. The van der Waals surface area contributed by atoms with Crippen LogP contribution in [-0.4, -0.2) is 47.0 Å². The highest BCUT2D eigenvalue weighted by molar-refractivity contribution is 5.85. The highest BCUT2D eigenvalue weighted by Gasteiger charge is 2.58. The molecule has 0 spiro atoms. The second-order valence-corrected chi connectivity index (χ2v) is 4.20. The van der Waals surface area contributed by atoms with Crippen LogP contribution in [0.5, 0.6) is 0 Å². The molecule has 98 valence electrons. The van der Waals surface area contributed by atoms with E-state index in [1.165, 1.54) is 6.08 Å². The van der Waals surface area contributed by atoms with E-state index in [4.69, 9.17) is 5.11 Å². The molecule has 1 rings (SSSR count). The van der Waals surface area contributed by atoms with E-state index in [2.05, 4.69) is 6.58 Å². The van der Waals surface area contributed by atoms with Crippen LogP contribution < -0.4 is 0 Å². The highest BCUT2D eigenvalue weighted by Crippen LogP contribution is 2.33. The van der Waals surface area contributed by atoms with Gasteiger partial charge in [0.15, 0.2) is 0 Å². The summed E-state index contributed by atoms with van der Waals surface area (Å²) in [7, 11) is 0. The Bertz CT molecular complexity index is 327. The van der Waals surface area contributed by atoms with Crippen molar-refractivity contribution in [3.05, 3.63) is 12.7 Å². The normalized spacial score (nSPS) is 28.9. The van der Waals surface area contributed by atoms with Gasteiger partial charge in [-0.25, -0.2) is 4.39 Å². The number of alkyl halides is 4. The van der Waals surface area contributed by atoms with E-state index in [0.717, 1.165) is 0 Å². The van der Waals surface area contributed by atoms with E-state index < -0.39 is 36.3 Å². The van der Waals surface area contributed by atoms with Crippen LogP contribution in [0.1, 0.15) is 6.92 Å². The largest absolute Gasteiger partial charge is 0.426 e. The third kappa shape index (κ3) is 2.43. The van der Waals surface area contributed by atoms with Gasteiger partial charge in [-0.05, 0) is 6.92 Å². The lowest BCUT2D eigenvalue weighted by Crippen LogP contribution is -2.55. The first kappa shape index (κ1) is 14.0. The van der Waals surface area contributed by atoms with Crippen LogP contribution in [0.15, 0.2) is 12.7 Å². The molecule has 0 saturated carbocycles. The molecular formula is C10H13F4NO2. The lowest BCUT2D eigenvalue weighted by atomic mass is 10.1. The molecule has 1 saturated heterocycles. The number of rotatable bonds is 2. The van der Waals surface area contributed by atoms with Crippen molar-refractivity contribution in [2.24, 2.45) is 5.92 Å². The maximum atomic E-state index is 13.3. The van der Waals surface area contributed by atoms with Gasteiger partial charge in [-0.2, -0.15) is 13.2 Å². The van der Waals surface area contributed by atoms with Crippen molar-refractivity contribution in [3.8, 4) is 0 Å². The third-order valence-corrected chi connectivity index (χ3v) is 2.85. The van der Waals surface area contributed by atoms with Crippen molar-refractivity contribution in [1.29, 1.82) is 0 Å². The van der Waals surface area contributed by atoms with Crippen molar-refractivity contribution < 1.29 is 27.5 Å². The zero-order valence-corrected chi connectivity index (χ0v) is 9.17. The quantitative estimate of drug-likeness (QED) is 0.596. The molecule has 1 fully saturated rings. The van der Waals surface area contributed by atoms with E-state index >= 15 is 0 Å². The lowest BCUT2D eigenvalue weighted by Gasteiger charge is -2.29. The first-order chi connectivity index (χ1) is 7.61. The fourth-order valence-electron chi connectivity index (χ4n) is 1.61. The summed E-state index contributed by atoms with van der Waals surface area (Å²) in [5.41, 5.74) is -3.48. The molecule has 3 atom stereocenters. The van der Waals surface area contributed by atoms with Gasteiger partial charge in [0.25, 0.3) is 5.91 Å². The zero-order valence-electron chi connectivity index (χ0n) is 9.17. The van der Waals surface area contributed by atoms with Crippen molar-refractivity contribution in [1.82, 2.24) is 4.90 Å². The van der Waals surface area contributed by atoms with Gasteiger partial charge in [0.1, 0.15) is 6.17 Å². The lowest BCUT2D eigenvalue weighted by molar-refractivity contribution is -0.249. The van der Waals surface area contributed by atoms with Crippen LogP contribution in [0.2, 0.25) is 0 Å². The Kier molecular flexibility index (Phi) is 3.52. The predicted octanol–water partition coefficient (Wildman–Crippen LogP) is 1.28. The minimum absolute atomic E-state index is 0.199. The van der Waals surface area contributed by atoms with Gasteiger partial charge in [0.2, 0.25) is 5.60 Å². The summed E-state index contributed by atoms with van der Waals surface area (Å²) in [4.78, 5) is 12.1. The highest BCUT2D eigenvalue weighted by atomic mass is 19.4. The van der Waals surface area contributed by atoms with Crippen LogP contribution in [-0.2, 0) is 4.79 Å². The number of likely N-dealkylation sites (tertiary alicyclic amines) is 1. The van der Waals surface area contributed by atoms with Gasteiger partial charge in [-0.15, -0.1) is 6.58 Å². The minimum atomic E-state index is -5.08. The topological polar surface area (TPSA) is 40.5 Å². The Balaban J connectivity index is 2.83. The summed E-state index contributed by atoms with van der Waals surface area (Å²) >= 11 is 0. The zero-order chi connectivity index (χ0) is 13.4. The first-order valence-corrected chi connectivity index (χ1v) is 4.96. The van der Waals surface area contributed by atoms with Crippen molar-refractivity contribution in [2.45, 2.75) is 24.9 Å². The molecule has 1 amide bonds. The Hall–Kier alpha value is -1.11. The summed E-state index contributed by atoms with van der Waals surface area (Å²) in [6, 6.07) is 0. The van der Waals surface area contributed by atoms with Crippen LogP contribution in [0.25, 0.3) is 0 Å². The van der Waals surface area contributed by atoms with Gasteiger partial charge >= 0.3 is 6.18 Å². The van der Waals surface area contributed by atoms with Gasteiger partial charge in [-0.1, -0.05) is 6.08 Å². The number of carbonyl (C=O) groups is 1. The number of nitrogens with zero attached hydrogens (tertiary/aromatic N) is 1. The fourth-order valence-corrected chi connectivity index (χ4v) is 1.61. The summed E-state index contributed by atoms with van der Waals surface area (Å²) in [5, 5.41) is 9.16. The molecule has 7 heteroatoms. The average molecular weight is 255 g/mol. The van der Waals surface area contributed by atoms with E-state index in [0.29, 0.717) is 11.8 Å². The number of halogens is 4. The van der Waals surface area contributed by atoms with Gasteiger partial charge < -0.3 is 10.0 Å². The van der Waals surface area contributed by atoms with Gasteiger partial charge in [0.05, 0.1) is 6.54 Å². The molecule has 0 aliphatic carbocycles. The number of hydrogen-bond donors (Lipinski definition) is 1. The third-order valence-electron chi connectivity index (χ3n) is 2.85. The predicted molar refractivity (Wildman–Crippen MR) is 51.8 cm³/mol. The number of aliphatic hydroxyl groups is 1. The summed E-state index contributed by atoms with van der Waals surface area (Å²) in [6.07, 6.45) is -5.27. The molecule has 0 aromatic rings. The second-order valence-electron chi connectivity index (χ2n) is 4.20. The summed E-state index contributed by atoms with van der Waals surface area (Å²) < 4.78 is 50.5. The molecule has 1 heterocycles. The molecule has 1 N–H and O–H groups in total. The Labute approximate surface area is 95.7 Å². The van der Waals surface area contributed by atoms with Crippen molar-refractivity contribution in [2.75, 3.05) is 13.1 Å². The van der Waals surface area contributed by atoms with Gasteiger partial charge in [-0.3, -0.25) is 4.79 Å². The van der Waals surface area contributed by atoms with Crippen molar-refractivity contribution in [3.63, 3.8) is 0 Å². The maximum Gasteiger partial charge on any atom is 0.426 e. The molecule has 0 radical (unpaired) electrons. The Morgan fingerprint density at radius 2 is 2.00 bits per heavy atom. The Morgan fingerprint density at radius 1 is 1.47 bits per heavy atom. The fraction of sp³-hybridized carbons (Fsp3) is 0.700. The SMILES string of the molecule is C=CC1CN(C(=O)C(C)(O)C(F)(F)F)CC1F. The Morgan fingerprint density at radius 3 is 2.35 bits per heavy atom. The summed E-state index contributed by atoms with van der Waals surface area (Å²) in [5.74, 6) is -2.22. The van der Waals surface area contributed by atoms with E-state index in [-0.39, 0.29) is 6.54 Å². The van der Waals surface area contributed by atoms with Crippen LogP contribution >= 0.6 is 0 Å². The molecule has 1 aliphatic rings. The first-order valence-electron chi connectivity index (χ1n) is 4.96. The second kappa shape index (κ2) is 4.29. The molecule has 3 nitrogen and oxygen atoms in total. The van der Waals surface area contributed by atoms with Gasteiger partial charge in [0, 0.05) is 12.5 Å². The molecule has 0 bridgehead atoms. The number of carbonyl (C=O) groups excluding carboxylic acids is 1. The number of hydrogen-bond acceptors (Lipinski definition) is 2. The smallest absolute Gasteiger partial charge is 0.373 e. The molecule has 17 heavy (non-hydrogen) atoms. The van der Waals surface area contributed by atoms with Crippen LogP contribution in [0, 0.1) is 5.92 Å². The maximum absolute atomic E-state index is 13.3. The number of amides is 1. The van der Waals surface area contributed by atoms with E-state index in [9.17, 15) is 22.4 Å². The van der Waals surface area contributed by atoms with Crippen LogP contribution in [0.3, 0.4) is 0 Å². The minimum Gasteiger partial charge on any atom is -0.373 e. The molecule has 3 unspecified atom stereocenters. The molecule has 0 aromatic carbocycles. The van der Waals surface area contributed by atoms with Crippen molar-refractivity contribution >= 4 is 5.91 Å². The average Bonchev–Trinajstić information content (AvgIpc) is 2.56. The summed E-state index contributed by atoms with van der Waals surface area (Å²) in [6.45, 7) is 3.04. The van der Waals surface area contributed by atoms with E-state index in [1.54, 1.807) is 0 Å². The molecule has 0 aromatic heterocycles. The van der Waals surface area contributed by atoms with Crippen LogP contribution in [0.4, 0.5) is 17.6 Å². The standard InChI is InChI=1S/C10H13F4NO2/c1-3-6-4-15(5-7(6)11)8(16)9(2,17)10(12,13)14/h3,6-7,17H,1,4-5H2,2H3. The molecular weight excluding hydrogens is 242 g/mol. The monoisotopic (exact) mass is 255 g/mol.